The minimum absolute atomic E-state index is 0.0211. The summed E-state index contributed by atoms with van der Waals surface area (Å²) < 4.78 is 75.9. The average Bonchev–Trinajstić information content (AvgIpc) is 3.05. The van der Waals surface area contributed by atoms with Crippen molar-refractivity contribution >= 4 is 23.9 Å². The van der Waals surface area contributed by atoms with Crippen LogP contribution < -0.4 is 44.6 Å². The fraction of sp³-hybridized carbons (Fsp3) is 0.484. The molecule has 18 heteroatoms. The second kappa shape index (κ2) is 20.7. The molecule has 13 N–H and O–H groups in total. The number of ether oxygens (including phenoxy) is 1. The molecule has 2 aromatic carbocycles. The van der Waals surface area contributed by atoms with E-state index in [4.69, 9.17) is 28.7 Å². The number of carbonyl (C=O) groups is 3. The minimum atomic E-state index is -2.35. The van der Waals surface area contributed by atoms with Crippen molar-refractivity contribution in [1.29, 1.82) is 0 Å². The van der Waals surface area contributed by atoms with E-state index in [2.05, 4.69) is 25.7 Å². The number of nitrogens with zero attached hydrogens (tertiary/aromatic N) is 1. The first-order chi connectivity index (χ1) is 23.2. The zero-order valence-corrected chi connectivity index (χ0v) is 26.8. The van der Waals surface area contributed by atoms with Crippen molar-refractivity contribution in [3.63, 3.8) is 0 Å². The van der Waals surface area contributed by atoms with Crippen molar-refractivity contribution < 1.29 is 41.1 Å². The van der Waals surface area contributed by atoms with Gasteiger partial charge in [-0.2, -0.15) is 0 Å². The maximum absolute atomic E-state index is 14.7. The third kappa shape index (κ3) is 14.2. The van der Waals surface area contributed by atoms with Gasteiger partial charge in [0, 0.05) is 43.7 Å². The van der Waals surface area contributed by atoms with Crippen LogP contribution in [-0.4, -0.2) is 74.3 Å². The van der Waals surface area contributed by atoms with E-state index < -0.39 is 77.1 Å². The van der Waals surface area contributed by atoms with Crippen molar-refractivity contribution in [2.24, 2.45) is 33.7 Å². The maximum atomic E-state index is 14.7. The molecular formula is C31H44F5N9O4. The number of nitrogens with two attached hydrogens (primary N) is 5. The lowest BCUT2D eigenvalue weighted by Crippen LogP contribution is -2.55. The SMILES string of the molecule is NC(=O)OCCCC[C@H](NC(=O)[C@H](Cc1c(F)c(F)c(F)c(F)c1F)NC[C@@H](CCCN=C(N)N)NC[C@@H](N)Cc1ccccc1)C(N)=O. The molecule has 49 heavy (non-hydrogen) atoms. The zero-order valence-electron chi connectivity index (χ0n) is 26.8. The molecule has 3 amide bonds. The molecule has 0 bridgehead atoms. The Bertz CT molecular complexity index is 1390. The number of hydrogen-bond acceptors (Lipinski definition) is 8. The first-order valence-corrected chi connectivity index (χ1v) is 15.5. The second-order valence-electron chi connectivity index (χ2n) is 11.3. The first kappa shape index (κ1) is 40.6. The topological polar surface area (TPSA) is 239 Å². The second-order valence-corrected chi connectivity index (χ2v) is 11.3. The number of hydrogen-bond donors (Lipinski definition) is 8. The molecule has 0 fully saturated rings. The largest absolute Gasteiger partial charge is 0.450 e. The van der Waals surface area contributed by atoms with Gasteiger partial charge < -0.3 is 49.4 Å². The summed E-state index contributed by atoms with van der Waals surface area (Å²) in [6, 6.07) is 5.80. The number of guanidine groups is 1. The monoisotopic (exact) mass is 701 g/mol. The van der Waals surface area contributed by atoms with Gasteiger partial charge >= 0.3 is 6.09 Å². The van der Waals surface area contributed by atoms with Gasteiger partial charge in [-0.25, -0.2) is 26.7 Å². The highest BCUT2D eigenvalue weighted by atomic mass is 19.2. The van der Waals surface area contributed by atoms with Gasteiger partial charge in [0.05, 0.1) is 12.6 Å². The smallest absolute Gasteiger partial charge is 0.404 e. The third-order valence-corrected chi connectivity index (χ3v) is 7.44. The molecule has 0 unspecified atom stereocenters. The maximum Gasteiger partial charge on any atom is 0.404 e. The number of halogens is 5. The van der Waals surface area contributed by atoms with Gasteiger partial charge in [-0.1, -0.05) is 30.3 Å². The number of aliphatic imine (C=N–C) groups is 1. The summed E-state index contributed by atoms with van der Waals surface area (Å²) in [4.78, 5) is 40.3. The standard InChI is InChI=1S/C31H44F5N9O4/c32-23-20(24(33)26(35)27(36)25(23)34)14-22(29(47)45-21(28(38)46)10-4-5-12-49-31(41)48)44-16-19(9-6-11-42-30(39)40)43-15-18(37)13-17-7-2-1-3-8-17/h1-3,7-8,18-19,21-22,43-44H,4-6,9-16,37H2,(H2,38,46)(H2,41,48)(H,45,47)(H4,39,40,42)/t18-,19+,21-,22-/m0/s1. The van der Waals surface area contributed by atoms with Crippen LogP contribution >= 0.6 is 0 Å². The number of amides is 3. The van der Waals surface area contributed by atoms with Crippen LogP contribution in [-0.2, 0) is 27.2 Å². The normalized spacial score (nSPS) is 13.6. The average molecular weight is 702 g/mol. The summed E-state index contributed by atoms with van der Waals surface area (Å²) in [5.74, 6) is -13.0. The van der Waals surface area contributed by atoms with Crippen molar-refractivity contribution in [3.8, 4) is 0 Å². The molecule has 13 nitrogen and oxygen atoms in total. The van der Waals surface area contributed by atoms with E-state index in [1.165, 1.54) is 0 Å². The van der Waals surface area contributed by atoms with Crippen molar-refractivity contribution in [3.05, 3.63) is 70.5 Å². The molecule has 2 aromatic rings. The lowest BCUT2D eigenvalue weighted by Gasteiger charge is -2.26. The van der Waals surface area contributed by atoms with E-state index in [0.717, 1.165) is 5.56 Å². The Hall–Kier alpha value is -4.55. The fourth-order valence-corrected chi connectivity index (χ4v) is 4.89. The number of unbranched alkanes of at least 4 members (excludes halogenated alkanes) is 1. The van der Waals surface area contributed by atoms with E-state index in [9.17, 15) is 36.3 Å². The zero-order chi connectivity index (χ0) is 36.5. The van der Waals surface area contributed by atoms with Crippen LogP contribution in [0.3, 0.4) is 0 Å². The third-order valence-electron chi connectivity index (χ3n) is 7.44. The molecule has 0 heterocycles. The highest BCUT2D eigenvalue weighted by Crippen LogP contribution is 2.24. The Labute approximate surface area is 280 Å². The predicted molar refractivity (Wildman–Crippen MR) is 172 cm³/mol. The number of nitrogens with one attached hydrogen (secondary N) is 3. The fourth-order valence-electron chi connectivity index (χ4n) is 4.89. The highest BCUT2D eigenvalue weighted by molar-refractivity contribution is 5.89. The van der Waals surface area contributed by atoms with Crippen molar-refractivity contribution in [2.45, 2.75) is 69.1 Å². The van der Waals surface area contributed by atoms with Gasteiger partial charge in [0.15, 0.2) is 29.2 Å². The summed E-state index contributed by atoms with van der Waals surface area (Å²) in [5, 5.41) is 8.49. The molecule has 0 spiro atoms. The lowest BCUT2D eigenvalue weighted by molar-refractivity contribution is -0.128. The van der Waals surface area contributed by atoms with E-state index in [1.807, 2.05) is 30.3 Å². The molecule has 0 aromatic heterocycles. The van der Waals surface area contributed by atoms with E-state index in [1.54, 1.807) is 0 Å². The molecule has 0 aliphatic heterocycles. The van der Waals surface area contributed by atoms with Gasteiger partial charge in [0.25, 0.3) is 0 Å². The first-order valence-electron chi connectivity index (χ1n) is 15.5. The number of rotatable bonds is 22. The van der Waals surface area contributed by atoms with Crippen molar-refractivity contribution in [1.82, 2.24) is 16.0 Å². The Morgan fingerprint density at radius 3 is 1.98 bits per heavy atom. The Morgan fingerprint density at radius 2 is 1.39 bits per heavy atom. The van der Waals surface area contributed by atoms with Crippen LogP contribution in [0.5, 0.6) is 0 Å². The summed E-state index contributed by atoms with van der Waals surface area (Å²) >= 11 is 0. The quantitative estimate of drug-likeness (QED) is 0.0215. The highest BCUT2D eigenvalue weighted by Gasteiger charge is 2.31. The predicted octanol–water partition coefficient (Wildman–Crippen LogP) is 0.700. The van der Waals surface area contributed by atoms with E-state index in [0.29, 0.717) is 25.8 Å². The molecule has 4 atom stereocenters. The molecule has 0 radical (unpaired) electrons. The van der Waals surface area contributed by atoms with Gasteiger partial charge in [0.1, 0.15) is 6.04 Å². The van der Waals surface area contributed by atoms with Crippen LogP contribution in [0.15, 0.2) is 35.3 Å². The number of primary amides is 2. The summed E-state index contributed by atoms with van der Waals surface area (Å²) in [6.07, 6.45) is -0.0913. The van der Waals surface area contributed by atoms with Gasteiger partial charge in [0.2, 0.25) is 17.6 Å². The summed E-state index contributed by atoms with van der Waals surface area (Å²) in [7, 11) is 0. The molecule has 2 rings (SSSR count). The molecule has 0 saturated heterocycles. The number of carbonyl (C=O) groups excluding carboxylic acids is 3. The van der Waals surface area contributed by atoms with Gasteiger partial charge in [-0.3, -0.25) is 14.6 Å². The van der Waals surface area contributed by atoms with Gasteiger partial charge in [-0.15, -0.1) is 0 Å². The van der Waals surface area contributed by atoms with Crippen LogP contribution in [0, 0.1) is 29.1 Å². The molecular weight excluding hydrogens is 657 g/mol. The molecule has 272 valence electrons. The number of benzene rings is 2. The van der Waals surface area contributed by atoms with E-state index >= 15 is 0 Å². The minimum Gasteiger partial charge on any atom is -0.450 e. The lowest BCUT2D eigenvalue weighted by atomic mass is 10.0. The van der Waals surface area contributed by atoms with Crippen LogP contribution in [0.25, 0.3) is 0 Å². The Balaban J connectivity index is 2.27. The Kier molecular flexibility index (Phi) is 17.2. The van der Waals surface area contributed by atoms with E-state index in [-0.39, 0.29) is 51.0 Å². The molecule has 0 aliphatic rings. The Morgan fingerprint density at radius 1 is 0.755 bits per heavy atom. The van der Waals surface area contributed by atoms with Crippen molar-refractivity contribution in [2.75, 3.05) is 26.2 Å². The summed E-state index contributed by atoms with van der Waals surface area (Å²) in [5.41, 5.74) is 27.3. The van der Waals surface area contributed by atoms with Crippen LogP contribution in [0.4, 0.5) is 26.7 Å². The van der Waals surface area contributed by atoms with Crippen LogP contribution in [0.1, 0.15) is 43.2 Å². The molecule has 0 aliphatic carbocycles. The van der Waals surface area contributed by atoms with Crippen LogP contribution in [0.2, 0.25) is 0 Å². The molecule has 0 saturated carbocycles. The van der Waals surface area contributed by atoms with Gasteiger partial charge in [-0.05, 0) is 44.1 Å². The summed E-state index contributed by atoms with van der Waals surface area (Å²) in [6.45, 7) is 0.446.